The summed E-state index contributed by atoms with van der Waals surface area (Å²) in [6.07, 6.45) is 1.40. The molecular formula is C5H11NO2S. The fourth-order valence-corrected chi connectivity index (χ4v) is 0.831. The summed E-state index contributed by atoms with van der Waals surface area (Å²) in [5.41, 5.74) is 4.78. The zero-order chi connectivity index (χ0) is 7.28. The highest BCUT2D eigenvalue weighted by atomic mass is 32.2. The first-order valence-electron chi connectivity index (χ1n) is 2.64. The zero-order valence-corrected chi connectivity index (χ0v) is 6.15. The summed E-state index contributed by atoms with van der Waals surface area (Å²) in [4.78, 5) is 10.2. The maximum atomic E-state index is 10.2. The summed E-state index contributed by atoms with van der Waals surface area (Å²) in [5, 5.41) is 8.77. The van der Waals surface area contributed by atoms with Crippen molar-refractivity contribution in [3.63, 3.8) is 0 Å². The summed E-state index contributed by atoms with van der Waals surface area (Å²) in [6.45, 7) is 0. The molecule has 0 unspecified atom stereocenters. The van der Waals surface area contributed by atoms with E-state index in [9.17, 15) is 4.79 Å². The number of hydrogen-bond acceptors (Lipinski definition) is 3. The monoisotopic (exact) mass is 149 g/mol. The SMILES string of the molecule is CSCC[C@@H](O)C(N)=O. The number of thioether (sulfide) groups is 1. The normalized spacial score (nSPS) is 13.1. The molecule has 0 fully saturated rings. The second kappa shape index (κ2) is 4.64. The molecule has 0 spiro atoms. The highest BCUT2D eigenvalue weighted by Crippen LogP contribution is 1.98. The molecule has 0 rings (SSSR count). The van der Waals surface area contributed by atoms with Crippen molar-refractivity contribution < 1.29 is 9.90 Å². The highest BCUT2D eigenvalue weighted by Gasteiger charge is 2.08. The van der Waals surface area contributed by atoms with Crippen LogP contribution in [0.1, 0.15) is 6.42 Å². The molecule has 1 atom stereocenters. The summed E-state index contributed by atoms with van der Waals surface area (Å²) in [6, 6.07) is 0. The Morgan fingerprint density at radius 2 is 2.44 bits per heavy atom. The second-order valence-electron chi connectivity index (χ2n) is 1.70. The molecule has 0 saturated carbocycles. The maximum Gasteiger partial charge on any atom is 0.246 e. The lowest BCUT2D eigenvalue weighted by molar-refractivity contribution is -0.126. The summed E-state index contributed by atoms with van der Waals surface area (Å²) in [7, 11) is 0. The van der Waals surface area contributed by atoms with Crippen molar-refractivity contribution in [2.24, 2.45) is 5.73 Å². The number of carbonyl (C=O) groups is 1. The molecule has 0 aromatic carbocycles. The number of aliphatic hydroxyl groups is 1. The molecule has 0 aliphatic rings. The van der Waals surface area contributed by atoms with Crippen LogP contribution in [0, 0.1) is 0 Å². The first-order chi connectivity index (χ1) is 4.18. The molecule has 0 heterocycles. The van der Waals surface area contributed by atoms with Crippen molar-refractivity contribution >= 4 is 17.7 Å². The Labute approximate surface area is 58.6 Å². The largest absolute Gasteiger partial charge is 0.383 e. The minimum absolute atomic E-state index is 0.455. The van der Waals surface area contributed by atoms with Gasteiger partial charge in [0.15, 0.2) is 0 Å². The summed E-state index contributed by atoms with van der Waals surface area (Å²) in [5.74, 6) is 0.133. The number of rotatable bonds is 4. The first kappa shape index (κ1) is 8.78. The molecule has 0 aliphatic heterocycles. The van der Waals surface area contributed by atoms with Gasteiger partial charge in [0.2, 0.25) is 5.91 Å². The van der Waals surface area contributed by atoms with Gasteiger partial charge in [-0.25, -0.2) is 0 Å². The van der Waals surface area contributed by atoms with Crippen molar-refractivity contribution in [1.82, 2.24) is 0 Å². The Kier molecular flexibility index (Phi) is 4.53. The van der Waals surface area contributed by atoms with Crippen LogP contribution >= 0.6 is 11.8 Å². The van der Waals surface area contributed by atoms with E-state index in [2.05, 4.69) is 0 Å². The molecular weight excluding hydrogens is 138 g/mol. The van der Waals surface area contributed by atoms with E-state index in [1.54, 1.807) is 11.8 Å². The van der Waals surface area contributed by atoms with Crippen molar-refractivity contribution in [3.8, 4) is 0 Å². The zero-order valence-electron chi connectivity index (χ0n) is 5.33. The second-order valence-corrected chi connectivity index (χ2v) is 2.69. The third-order valence-corrected chi connectivity index (χ3v) is 1.57. The van der Waals surface area contributed by atoms with Crippen LogP contribution in [0.2, 0.25) is 0 Å². The number of aliphatic hydroxyl groups excluding tert-OH is 1. The maximum absolute atomic E-state index is 10.2. The van der Waals surface area contributed by atoms with Gasteiger partial charge in [-0.05, 0) is 18.4 Å². The van der Waals surface area contributed by atoms with Gasteiger partial charge in [0, 0.05) is 0 Å². The van der Waals surface area contributed by atoms with Gasteiger partial charge in [0.1, 0.15) is 6.10 Å². The molecule has 0 aromatic rings. The molecule has 9 heavy (non-hydrogen) atoms. The van der Waals surface area contributed by atoms with Crippen molar-refractivity contribution in [1.29, 1.82) is 0 Å². The highest BCUT2D eigenvalue weighted by molar-refractivity contribution is 7.98. The molecule has 3 N–H and O–H groups in total. The summed E-state index contributed by atoms with van der Waals surface area (Å²) < 4.78 is 0. The first-order valence-corrected chi connectivity index (χ1v) is 4.04. The Morgan fingerprint density at radius 3 is 2.78 bits per heavy atom. The fraction of sp³-hybridized carbons (Fsp3) is 0.800. The van der Waals surface area contributed by atoms with E-state index < -0.39 is 12.0 Å². The van der Waals surface area contributed by atoms with Crippen LogP contribution in [-0.2, 0) is 4.79 Å². The summed E-state index contributed by atoms with van der Waals surface area (Å²) >= 11 is 1.58. The van der Waals surface area contributed by atoms with Crippen LogP contribution in [0.25, 0.3) is 0 Å². The van der Waals surface area contributed by atoms with E-state index in [4.69, 9.17) is 10.8 Å². The Balaban J connectivity index is 3.27. The fourth-order valence-electron chi connectivity index (χ4n) is 0.372. The van der Waals surface area contributed by atoms with Crippen molar-refractivity contribution in [2.45, 2.75) is 12.5 Å². The lowest BCUT2D eigenvalue weighted by Gasteiger charge is -2.02. The number of carbonyl (C=O) groups excluding carboxylic acids is 1. The molecule has 0 radical (unpaired) electrons. The molecule has 0 bridgehead atoms. The Hall–Kier alpha value is -0.220. The molecule has 54 valence electrons. The smallest absolute Gasteiger partial charge is 0.246 e. The van der Waals surface area contributed by atoms with Crippen LogP contribution in [0.15, 0.2) is 0 Å². The predicted octanol–water partition coefficient (Wildman–Crippen LogP) is -0.414. The Morgan fingerprint density at radius 1 is 1.89 bits per heavy atom. The third kappa shape index (κ3) is 4.29. The van der Waals surface area contributed by atoms with Gasteiger partial charge in [-0.3, -0.25) is 4.79 Å². The van der Waals surface area contributed by atoms with Crippen LogP contribution in [0.3, 0.4) is 0 Å². The molecule has 4 heteroatoms. The molecule has 0 saturated heterocycles. The van der Waals surface area contributed by atoms with Crippen LogP contribution in [-0.4, -0.2) is 29.1 Å². The van der Waals surface area contributed by atoms with E-state index in [1.165, 1.54) is 0 Å². The van der Waals surface area contributed by atoms with E-state index in [0.29, 0.717) is 6.42 Å². The minimum Gasteiger partial charge on any atom is -0.383 e. The average Bonchev–Trinajstić information content (AvgIpc) is 1.82. The predicted molar refractivity (Wildman–Crippen MR) is 38.2 cm³/mol. The van der Waals surface area contributed by atoms with Crippen LogP contribution in [0.5, 0.6) is 0 Å². The van der Waals surface area contributed by atoms with Crippen molar-refractivity contribution in [3.05, 3.63) is 0 Å². The van der Waals surface area contributed by atoms with E-state index in [-0.39, 0.29) is 0 Å². The van der Waals surface area contributed by atoms with Crippen LogP contribution < -0.4 is 5.73 Å². The number of amides is 1. The minimum atomic E-state index is -0.961. The van der Waals surface area contributed by atoms with Gasteiger partial charge in [-0.1, -0.05) is 0 Å². The lowest BCUT2D eigenvalue weighted by Crippen LogP contribution is -2.28. The van der Waals surface area contributed by atoms with Gasteiger partial charge in [-0.2, -0.15) is 11.8 Å². The third-order valence-electron chi connectivity index (χ3n) is 0.924. The number of nitrogens with two attached hydrogens (primary N) is 1. The lowest BCUT2D eigenvalue weighted by atomic mass is 10.3. The number of primary amides is 1. The standard InChI is InChI=1S/C5H11NO2S/c1-9-3-2-4(7)5(6)8/h4,7H,2-3H2,1H3,(H2,6,8)/t4-/m1/s1. The molecule has 0 aliphatic carbocycles. The van der Waals surface area contributed by atoms with Gasteiger partial charge in [0.05, 0.1) is 0 Å². The molecule has 1 amide bonds. The van der Waals surface area contributed by atoms with E-state index >= 15 is 0 Å². The van der Waals surface area contributed by atoms with Gasteiger partial charge < -0.3 is 10.8 Å². The average molecular weight is 149 g/mol. The van der Waals surface area contributed by atoms with Gasteiger partial charge in [0.25, 0.3) is 0 Å². The number of hydrogen-bond donors (Lipinski definition) is 2. The molecule has 3 nitrogen and oxygen atoms in total. The quantitative estimate of drug-likeness (QED) is 0.571. The van der Waals surface area contributed by atoms with Crippen LogP contribution in [0.4, 0.5) is 0 Å². The van der Waals surface area contributed by atoms with Gasteiger partial charge >= 0.3 is 0 Å². The van der Waals surface area contributed by atoms with Crippen molar-refractivity contribution in [2.75, 3.05) is 12.0 Å². The molecule has 0 aromatic heterocycles. The topological polar surface area (TPSA) is 63.3 Å². The van der Waals surface area contributed by atoms with E-state index in [1.807, 2.05) is 6.26 Å². The van der Waals surface area contributed by atoms with E-state index in [0.717, 1.165) is 5.75 Å². The van der Waals surface area contributed by atoms with Gasteiger partial charge in [-0.15, -0.1) is 0 Å². The Bertz CT molecular complexity index is 97.0.